The molecule has 1 N–H and O–H groups in total. The molecule has 1 atom stereocenters. The van der Waals surface area contributed by atoms with E-state index in [-0.39, 0.29) is 17.8 Å². The quantitative estimate of drug-likeness (QED) is 0.103. The number of ether oxygens (including phenoxy) is 1. The number of rotatable bonds is 8. The zero-order chi connectivity index (χ0) is 27.5. The van der Waals surface area contributed by atoms with Crippen LogP contribution in [0, 0.1) is 17.0 Å². The van der Waals surface area contributed by atoms with E-state index in [4.69, 9.17) is 9.15 Å². The van der Waals surface area contributed by atoms with E-state index < -0.39 is 28.4 Å². The highest BCUT2D eigenvalue weighted by Crippen LogP contribution is 2.41. The van der Waals surface area contributed by atoms with Crippen molar-refractivity contribution in [3.05, 3.63) is 135 Å². The van der Waals surface area contributed by atoms with Crippen LogP contribution in [0.1, 0.15) is 34.1 Å². The number of Topliss-reactive ketones (excluding diaryl/α,β-unsaturated/α-hetero) is 1. The Morgan fingerprint density at radius 2 is 1.79 bits per heavy atom. The second kappa shape index (κ2) is 10.7. The van der Waals surface area contributed by atoms with Crippen molar-refractivity contribution in [2.24, 2.45) is 0 Å². The number of amides is 1. The maximum atomic E-state index is 13.2. The zero-order valence-electron chi connectivity index (χ0n) is 20.9. The van der Waals surface area contributed by atoms with Gasteiger partial charge in [-0.3, -0.25) is 19.7 Å². The lowest BCUT2D eigenvalue weighted by Gasteiger charge is -2.24. The van der Waals surface area contributed by atoms with Crippen molar-refractivity contribution < 1.29 is 28.8 Å². The fourth-order valence-electron chi connectivity index (χ4n) is 4.60. The van der Waals surface area contributed by atoms with E-state index >= 15 is 0 Å². The Morgan fingerprint density at radius 3 is 2.49 bits per heavy atom. The van der Waals surface area contributed by atoms with Crippen LogP contribution >= 0.6 is 0 Å². The highest BCUT2D eigenvalue weighted by atomic mass is 16.6. The molecule has 0 saturated carbocycles. The van der Waals surface area contributed by atoms with Crippen molar-refractivity contribution in [3.63, 3.8) is 0 Å². The Labute approximate surface area is 223 Å². The van der Waals surface area contributed by atoms with Gasteiger partial charge in [-0.15, -0.1) is 0 Å². The van der Waals surface area contributed by atoms with Gasteiger partial charge in [0, 0.05) is 17.7 Å². The number of nitro benzene ring substituents is 1. The number of aliphatic hydroxyl groups excluding tert-OH is 1. The number of carbonyl (C=O) groups excluding carboxylic acids is 2. The minimum Gasteiger partial charge on any atom is -0.507 e. The Kier molecular flexibility index (Phi) is 6.96. The summed E-state index contributed by atoms with van der Waals surface area (Å²) in [7, 11) is 0. The molecule has 39 heavy (non-hydrogen) atoms. The summed E-state index contributed by atoms with van der Waals surface area (Å²) in [5, 5.41) is 22.7. The zero-order valence-corrected chi connectivity index (χ0v) is 20.9. The van der Waals surface area contributed by atoms with E-state index in [1.165, 1.54) is 29.4 Å². The number of aryl methyl sites for hydroxylation is 1. The Bertz CT molecular complexity index is 1570. The maximum absolute atomic E-state index is 13.2. The molecule has 0 spiro atoms. The van der Waals surface area contributed by atoms with E-state index in [0.717, 1.165) is 11.1 Å². The average Bonchev–Trinajstić information content (AvgIpc) is 3.54. The number of benzene rings is 3. The Balaban J connectivity index is 1.49. The van der Waals surface area contributed by atoms with Crippen LogP contribution in [-0.2, 0) is 22.7 Å². The fraction of sp³-hybridized carbons (Fsp3) is 0.133. The lowest BCUT2D eigenvalue weighted by Crippen LogP contribution is -2.29. The lowest BCUT2D eigenvalue weighted by atomic mass is 9.95. The Hall–Kier alpha value is -5.18. The van der Waals surface area contributed by atoms with Gasteiger partial charge in [0.25, 0.3) is 17.4 Å². The molecule has 1 aromatic heterocycles. The largest absolute Gasteiger partial charge is 0.507 e. The third kappa shape index (κ3) is 5.28. The number of carbonyl (C=O) groups is 2. The third-order valence-corrected chi connectivity index (χ3v) is 6.46. The van der Waals surface area contributed by atoms with Crippen molar-refractivity contribution >= 4 is 23.1 Å². The molecule has 1 unspecified atom stereocenters. The molecule has 9 nitrogen and oxygen atoms in total. The average molecular weight is 525 g/mol. The molecule has 1 amide bonds. The SMILES string of the molecule is Cc1cccc(COc2ccc(/C(O)=C3\C(=O)C(=O)N(Cc4ccco4)C3c3cccc([N+](=O)[O-])c3)cc2)c1. The van der Waals surface area contributed by atoms with Gasteiger partial charge < -0.3 is 19.2 Å². The summed E-state index contributed by atoms with van der Waals surface area (Å²) < 4.78 is 11.2. The fourth-order valence-corrected chi connectivity index (χ4v) is 4.60. The van der Waals surface area contributed by atoms with Gasteiger partial charge in [0.05, 0.1) is 29.3 Å². The highest BCUT2D eigenvalue weighted by Gasteiger charge is 2.46. The van der Waals surface area contributed by atoms with E-state index in [0.29, 0.717) is 29.2 Å². The summed E-state index contributed by atoms with van der Waals surface area (Å²) in [6.07, 6.45) is 1.44. The number of nitro groups is 1. The second-order valence-electron chi connectivity index (χ2n) is 9.16. The van der Waals surface area contributed by atoms with Gasteiger partial charge in [-0.25, -0.2) is 0 Å². The van der Waals surface area contributed by atoms with Gasteiger partial charge in [0.1, 0.15) is 23.9 Å². The molecule has 1 aliphatic heterocycles. The van der Waals surface area contributed by atoms with Gasteiger partial charge in [-0.05, 0) is 54.4 Å². The molecule has 1 saturated heterocycles. The number of hydrogen-bond donors (Lipinski definition) is 1. The van der Waals surface area contributed by atoms with Crippen molar-refractivity contribution in [2.75, 3.05) is 0 Å². The summed E-state index contributed by atoms with van der Waals surface area (Å²) >= 11 is 0. The van der Waals surface area contributed by atoms with Crippen LogP contribution in [-0.4, -0.2) is 26.6 Å². The van der Waals surface area contributed by atoms with Crippen molar-refractivity contribution in [3.8, 4) is 5.75 Å². The van der Waals surface area contributed by atoms with Crippen LogP contribution in [0.2, 0.25) is 0 Å². The molecular formula is C30H24N2O7. The molecule has 5 rings (SSSR count). The predicted octanol–water partition coefficient (Wildman–Crippen LogP) is 5.70. The summed E-state index contributed by atoms with van der Waals surface area (Å²) in [5.74, 6) is -1.15. The Morgan fingerprint density at radius 1 is 1.03 bits per heavy atom. The van der Waals surface area contributed by atoms with Gasteiger partial charge in [0.15, 0.2) is 0 Å². The molecule has 4 aromatic rings. The van der Waals surface area contributed by atoms with Gasteiger partial charge in [0.2, 0.25) is 0 Å². The van der Waals surface area contributed by atoms with Crippen molar-refractivity contribution in [2.45, 2.75) is 26.1 Å². The van der Waals surface area contributed by atoms with E-state index in [1.807, 2.05) is 31.2 Å². The summed E-state index contributed by atoms with van der Waals surface area (Å²) in [4.78, 5) is 38.4. The van der Waals surface area contributed by atoms with Crippen molar-refractivity contribution in [1.82, 2.24) is 4.90 Å². The molecule has 0 radical (unpaired) electrons. The number of ketones is 1. The molecule has 0 aliphatic carbocycles. The summed E-state index contributed by atoms with van der Waals surface area (Å²) in [5.41, 5.74) is 2.37. The second-order valence-corrected chi connectivity index (χ2v) is 9.16. The molecule has 1 fully saturated rings. The van der Waals surface area contributed by atoms with Crippen molar-refractivity contribution in [1.29, 1.82) is 0 Å². The standard InChI is InChI=1S/C30H24N2O7/c1-19-5-2-6-20(15-19)18-39-24-12-10-21(11-13-24)28(33)26-27(22-7-3-8-23(16-22)32(36)37)31(30(35)29(26)34)17-25-9-4-14-38-25/h2-16,27,33H,17-18H2,1H3/b28-26+. The number of furan rings is 1. The third-order valence-electron chi connectivity index (χ3n) is 6.46. The normalized spacial score (nSPS) is 16.4. The van der Waals surface area contributed by atoms with Gasteiger partial charge in [-0.2, -0.15) is 0 Å². The minimum absolute atomic E-state index is 0.0621. The topological polar surface area (TPSA) is 123 Å². The van der Waals surface area contributed by atoms with Crippen LogP contribution in [0.4, 0.5) is 5.69 Å². The lowest BCUT2D eigenvalue weighted by molar-refractivity contribution is -0.384. The molecule has 2 heterocycles. The first-order valence-corrected chi connectivity index (χ1v) is 12.2. The number of non-ortho nitro benzene ring substituents is 1. The van der Waals surface area contributed by atoms with Crippen LogP contribution in [0.15, 0.2) is 101 Å². The summed E-state index contributed by atoms with van der Waals surface area (Å²) in [6, 6.07) is 22.3. The van der Waals surface area contributed by atoms with Crippen LogP contribution in [0.5, 0.6) is 5.75 Å². The van der Waals surface area contributed by atoms with E-state index in [9.17, 15) is 24.8 Å². The minimum atomic E-state index is -1.06. The van der Waals surface area contributed by atoms with Crippen LogP contribution < -0.4 is 4.74 Å². The van der Waals surface area contributed by atoms with E-state index in [1.54, 1.807) is 42.5 Å². The summed E-state index contributed by atoms with van der Waals surface area (Å²) in [6.45, 7) is 2.30. The molecular weight excluding hydrogens is 500 g/mol. The van der Waals surface area contributed by atoms with E-state index in [2.05, 4.69) is 0 Å². The number of hydrogen-bond acceptors (Lipinski definition) is 7. The van der Waals surface area contributed by atoms with Gasteiger partial charge >= 0.3 is 0 Å². The first-order valence-electron chi connectivity index (χ1n) is 12.2. The maximum Gasteiger partial charge on any atom is 0.296 e. The first-order chi connectivity index (χ1) is 18.8. The highest BCUT2D eigenvalue weighted by molar-refractivity contribution is 6.46. The molecule has 196 valence electrons. The predicted molar refractivity (Wildman–Crippen MR) is 142 cm³/mol. The molecule has 9 heteroatoms. The number of nitrogens with zero attached hydrogens (tertiary/aromatic N) is 2. The first kappa shape index (κ1) is 25.5. The monoisotopic (exact) mass is 524 g/mol. The number of aliphatic hydroxyl groups is 1. The molecule has 0 bridgehead atoms. The van der Waals surface area contributed by atoms with Crippen LogP contribution in [0.25, 0.3) is 5.76 Å². The molecule has 1 aliphatic rings. The molecule has 3 aromatic carbocycles. The van der Waals surface area contributed by atoms with Crippen LogP contribution in [0.3, 0.4) is 0 Å². The number of likely N-dealkylation sites (tertiary alicyclic amines) is 1. The van der Waals surface area contributed by atoms with Gasteiger partial charge in [-0.1, -0.05) is 42.0 Å². The smallest absolute Gasteiger partial charge is 0.296 e.